The van der Waals surface area contributed by atoms with Gasteiger partial charge in [-0.25, -0.2) is 9.35 Å². The van der Waals surface area contributed by atoms with Crippen molar-refractivity contribution in [3.05, 3.63) is 38.4 Å². The van der Waals surface area contributed by atoms with Crippen LogP contribution in [0.4, 0.5) is 11.4 Å². The molecule has 1 rings (SSSR count). The van der Waals surface area contributed by atoms with Gasteiger partial charge in [0.15, 0.2) is 0 Å². The van der Waals surface area contributed by atoms with E-state index in [0.717, 1.165) is 12.1 Å². The van der Waals surface area contributed by atoms with Crippen LogP contribution in [-0.2, 0) is 11.0 Å². The monoisotopic (exact) mass is 231 g/mol. The fourth-order valence-corrected chi connectivity index (χ4v) is 1.59. The van der Waals surface area contributed by atoms with Crippen LogP contribution >= 0.6 is 0 Å². The van der Waals surface area contributed by atoms with Crippen molar-refractivity contribution in [3.8, 4) is 0 Å². The van der Waals surface area contributed by atoms with E-state index in [9.17, 15) is 24.4 Å². The van der Waals surface area contributed by atoms with Crippen LogP contribution in [0.2, 0.25) is 0 Å². The molecular formula is C6H5N3O5S. The van der Waals surface area contributed by atoms with Crippen LogP contribution in [0, 0.1) is 20.2 Å². The Kier molecular flexibility index (Phi) is 3.07. The molecule has 0 aliphatic rings. The van der Waals surface area contributed by atoms with Gasteiger partial charge in [-0.1, -0.05) is 6.07 Å². The summed E-state index contributed by atoms with van der Waals surface area (Å²) >= 11 is 0. The van der Waals surface area contributed by atoms with E-state index >= 15 is 0 Å². The lowest BCUT2D eigenvalue weighted by atomic mass is 10.3. The zero-order valence-electron chi connectivity index (χ0n) is 7.15. The summed E-state index contributed by atoms with van der Waals surface area (Å²) in [6.07, 6.45) is 0. The van der Waals surface area contributed by atoms with Crippen LogP contribution in [0.1, 0.15) is 0 Å². The van der Waals surface area contributed by atoms with E-state index in [-0.39, 0.29) is 4.90 Å². The van der Waals surface area contributed by atoms with Gasteiger partial charge in [0.1, 0.15) is 15.9 Å². The molecule has 1 aromatic rings. The summed E-state index contributed by atoms with van der Waals surface area (Å²) in [5.41, 5.74) is -1.56. The van der Waals surface area contributed by atoms with Crippen molar-refractivity contribution in [1.29, 1.82) is 0 Å². The molecule has 0 aromatic heterocycles. The lowest BCUT2D eigenvalue weighted by Gasteiger charge is -1.98. The molecule has 0 fully saturated rings. The van der Waals surface area contributed by atoms with Gasteiger partial charge < -0.3 is 0 Å². The van der Waals surface area contributed by atoms with Crippen molar-refractivity contribution in [2.75, 3.05) is 0 Å². The number of nitrogens with zero attached hydrogens (tertiary/aromatic N) is 2. The lowest BCUT2D eigenvalue weighted by Crippen LogP contribution is -2.07. The largest absolute Gasteiger partial charge is 0.363 e. The summed E-state index contributed by atoms with van der Waals surface area (Å²) in [7, 11) is -2.13. The van der Waals surface area contributed by atoms with E-state index in [1.807, 2.05) is 0 Å². The fourth-order valence-electron chi connectivity index (χ4n) is 1.00. The third-order valence-electron chi connectivity index (χ3n) is 1.57. The minimum atomic E-state index is -2.13. The Labute approximate surface area is 85.6 Å². The number of para-hydroxylation sites is 1. The van der Waals surface area contributed by atoms with E-state index < -0.39 is 32.2 Å². The minimum Gasteiger partial charge on any atom is -0.258 e. The second kappa shape index (κ2) is 4.11. The van der Waals surface area contributed by atoms with E-state index in [2.05, 4.69) is 0 Å². The Bertz CT molecular complexity index is 428. The molecule has 80 valence electrons. The van der Waals surface area contributed by atoms with Crippen LogP contribution in [-0.4, -0.2) is 14.1 Å². The third kappa shape index (κ3) is 2.14. The quantitative estimate of drug-likeness (QED) is 0.597. The molecule has 15 heavy (non-hydrogen) atoms. The van der Waals surface area contributed by atoms with Gasteiger partial charge in [0, 0.05) is 6.07 Å². The first kappa shape index (κ1) is 11.2. The van der Waals surface area contributed by atoms with E-state index in [1.54, 1.807) is 0 Å². The van der Waals surface area contributed by atoms with Crippen LogP contribution in [0.5, 0.6) is 0 Å². The highest BCUT2D eigenvalue weighted by Crippen LogP contribution is 2.31. The van der Waals surface area contributed by atoms with Crippen molar-refractivity contribution < 1.29 is 14.1 Å². The zero-order valence-corrected chi connectivity index (χ0v) is 7.97. The van der Waals surface area contributed by atoms with Crippen LogP contribution in [0.15, 0.2) is 23.1 Å². The molecule has 1 atom stereocenters. The maximum absolute atomic E-state index is 10.9. The Morgan fingerprint density at radius 2 is 1.80 bits per heavy atom. The van der Waals surface area contributed by atoms with Gasteiger partial charge in [0.05, 0.1) is 9.85 Å². The first-order valence-corrected chi connectivity index (χ1v) is 4.74. The molecule has 0 heterocycles. The van der Waals surface area contributed by atoms with E-state index in [0.29, 0.717) is 0 Å². The molecule has 1 unspecified atom stereocenters. The molecule has 0 aliphatic heterocycles. The standard InChI is InChI=1S/C6H5N3O5S/c7-15(14)5-3-1-2-4(8(10)11)6(5)9(12)13/h1-3H,7H2. The number of nitro benzene ring substituents is 2. The zero-order chi connectivity index (χ0) is 11.6. The van der Waals surface area contributed by atoms with E-state index in [4.69, 9.17) is 5.14 Å². The predicted octanol–water partition coefficient (Wildman–Crippen LogP) is 0.484. The van der Waals surface area contributed by atoms with Crippen LogP contribution in [0.3, 0.4) is 0 Å². The van der Waals surface area contributed by atoms with Gasteiger partial charge in [-0.3, -0.25) is 20.2 Å². The number of benzene rings is 1. The molecular weight excluding hydrogens is 226 g/mol. The smallest absolute Gasteiger partial charge is 0.258 e. The summed E-state index contributed by atoms with van der Waals surface area (Å²) in [4.78, 5) is 18.8. The van der Waals surface area contributed by atoms with Crippen molar-refractivity contribution in [1.82, 2.24) is 0 Å². The van der Waals surface area contributed by atoms with Crippen molar-refractivity contribution >= 4 is 22.4 Å². The number of hydrogen-bond donors (Lipinski definition) is 1. The molecule has 0 aliphatic carbocycles. The van der Waals surface area contributed by atoms with Gasteiger partial charge in [0.2, 0.25) is 0 Å². The summed E-state index contributed by atoms with van der Waals surface area (Å²) in [6.45, 7) is 0. The molecule has 0 saturated carbocycles. The van der Waals surface area contributed by atoms with Crippen molar-refractivity contribution in [2.24, 2.45) is 5.14 Å². The van der Waals surface area contributed by atoms with Gasteiger partial charge in [-0.15, -0.1) is 0 Å². The SMILES string of the molecule is NS(=O)c1cccc([N+](=O)[O-])c1[N+](=O)[O-]. The first-order valence-electron chi connectivity index (χ1n) is 3.53. The summed E-state index contributed by atoms with van der Waals surface area (Å²) in [6, 6.07) is 3.25. The summed E-state index contributed by atoms with van der Waals surface area (Å²) < 4.78 is 10.9. The van der Waals surface area contributed by atoms with Gasteiger partial charge in [0.25, 0.3) is 0 Å². The number of nitrogens with two attached hydrogens (primary N) is 1. The highest BCUT2D eigenvalue weighted by Gasteiger charge is 2.29. The molecule has 2 N–H and O–H groups in total. The Morgan fingerprint density at radius 1 is 1.20 bits per heavy atom. The Morgan fingerprint density at radius 3 is 2.20 bits per heavy atom. The summed E-state index contributed by atoms with van der Waals surface area (Å²) in [5, 5.41) is 26.0. The molecule has 0 radical (unpaired) electrons. The molecule has 0 amide bonds. The second-order valence-corrected chi connectivity index (χ2v) is 3.47. The normalized spacial score (nSPS) is 12.1. The highest BCUT2D eigenvalue weighted by atomic mass is 32.2. The predicted molar refractivity (Wildman–Crippen MR) is 50.3 cm³/mol. The number of rotatable bonds is 3. The van der Waals surface area contributed by atoms with Gasteiger partial charge in [-0.05, 0) is 6.07 Å². The van der Waals surface area contributed by atoms with Crippen LogP contribution in [0.25, 0.3) is 0 Å². The lowest BCUT2D eigenvalue weighted by molar-refractivity contribution is -0.424. The highest BCUT2D eigenvalue weighted by molar-refractivity contribution is 7.82. The average molecular weight is 231 g/mol. The molecule has 0 saturated heterocycles. The van der Waals surface area contributed by atoms with Crippen LogP contribution < -0.4 is 5.14 Å². The molecule has 8 nitrogen and oxygen atoms in total. The fraction of sp³-hybridized carbons (Fsp3) is 0. The number of hydrogen-bond acceptors (Lipinski definition) is 5. The average Bonchev–Trinajstić information content (AvgIpc) is 2.16. The van der Waals surface area contributed by atoms with E-state index in [1.165, 1.54) is 6.07 Å². The Hall–Kier alpha value is -1.87. The van der Waals surface area contributed by atoms with Crippen molar-refractivity contribution in [2.45, 2.75) is 4.90 Å². The first-order chi connectivity index (χ1) is 6.95. The summed E-state index contributed by atoms with van der Waals surface area (Å²) in [5.74, 6) is 0. The molecule has 1 aromatic carbocycles. The van der Waals surface area contributed by atoms with Crippen molar-refractivity contribution in [3.63, 3.8) is 0 Å². The number of nitro groups is 2. The molecule has 0 spiro atoms. The van der Waals surface area contributed by atoms with Gasteiger partial charge in [-0.2, -0.15) is 0 Å². The molecule has 0 bridgehead atoms. The maximum atomic E-state index is 10.9. The minimum absolute atomic E-state index is 0.366. The Balaban J connectivity index is 3.56. The maximum Gasteiger partial charge on any atom is 0.363 e. The third-order valence-corrected chi connectivity index (χ3v) is 2.34. The molecule has 9 heteroatoms. The topological polar surface area (TPSA) is 129 Å². The second-order valence-electron chi connectivity index (χ2n) is 2.44. The van der Waals surface area contributed by atoms with Gasteiger partial charge >= 0.3 is 11.4 Å².